The lowest BCUT2D eigenvalue weighted by atomic mass is 10.3. The fraction of sp³-hybridized carbons (Fsp3) is 0.188. The van der Waals surface area contributed by atoms with Crippen molar-refractivity contribution in [1.29, 1.82) is 0 Å². The predicted molar refractivity (Wildman–Crippen MR) is 102 cm³/mol. The molecule has 0 saturated heterocycles. The Kier molecular flexibility index (Phi) is 4.87. The van der Waals surface area contributed by atoms with E-state index in [1.807, 2.05) is 0 Å². The number of fused-ring (bicyclic) bond motifs is 1. The number of nitrogens with one attached hydrogen (secondary N) is 1. The van der Waals surface area contributed by atoms with E-state index in [4.69, 9.17) is 21.1 Å². The first-order valence-corrected chi connectivity index (χ1v) is 9.98. The monoisotopic (exact) mass is 414 g/mol. The van der Waals surface area contributed by atoms with Gasteiger partial charge >= 0.3 is 4.87 Å². The molecule has 2 aromatic carbocycles. The van der Waals surface area contributed by atoms with Gasteiger partial charge in [0.2, 0.25) is 0 Å². The molecule has 1 aromatic heterocycles. The smallest absolute Gasteiger partial charge is 0.307 e. The average molecular weight is 415 g/mol. The minimum atomic E-state index is -3.91. The number of sulfonamides is 1. The summed E-state index contributed by atoms with van der Waals surface area (Å²) in [5.74, 6) is 0.627. The molecule has 10 heteroatoms. The molecular weight excluding hydrogens is 400 g/mol. The molecule has 0 fully saturated rings. The molecule has 0 aliphatic carbocycles. The van der Waals surface area contributed by atoms with E-state index >= 15 is 0 Å². The number of aryl methyl sites for hydroxylation is 1. The van der Waals surface area contributed by atoms with E-state index < -0.39 is 10.0 Å². The maximum absolute atomic E-state index is 12.7. The normalized spacial score (nSPS) is 11.5. The van der Waals surface area contributed by atoms with Gasteiger partial charge in [0.1, 0.15) is 11.5 Å². The van der Waals surface area contributed by atoms with E-state index in [2.05, 4.69) is 4.72 Å². The molecule has 0 aliphatic heterocycles. The number of anilines is 1. The fourth-order valence-corrected chi connectivity index (χ4v) is 4.75. The Labute approximate surface area is 158 Å². The van der Waals surface area contributed by atoms with Crippen molar-refractivity contribution in [2.24, 2.45) is 7.05 Å². The number of rotatable bonds is 5. The number of nitrogens with zero attached hydrogens (tertiary/aromatic N) is 1. The third-order valence-corrected chi connectivity index (χ3v) is 6.45. The molecule has 0 saturated carbocycles. The summed E-state index contributed by atoms with van der Waals surface area (Å²) >= 11 is 7.06. The highest BCUT2D eigenvalue weighted by Gasteiger charge is 2.20. The SMILES string of the molecule is COc1cc(OC)c(NS(=O)(=O)c2ccc3c(c2)sc(=O)n3C)cc1Cl. The molecule has 3 aromatic rings. The second-order valence-electron chi connectivity index (χ2n) is 5.35. The van der Waals surface area contributed by atoms with Gasteiger partial charge in [-0.05, 0) is 24.3 Å². The van der Waals surface area contributed by atoms with Crippen LogP contribution in [-0.2, 0) is 17.1 Å². The molecule has 7 nitrogen and oxygen atoms in total. The van der Waals surface area contributed by atoms with Crippen molar-refractivity contribution in [3.63, 3.8) is 0 Å². The summed E-state index contributed by atoms with van der Waals surface area (Å²) < 4.78 is 40.3. The highest BCUT2D eigenvalue weighted by molar-refractivity contribution is 7.92. The third-order valence-electron chi connectivity index (χ3n) is 3.79. The van der Waals surface area contributed by atoms with Crippen molar-refractivity contribution in [2.75, 3.05) is 18.9 Å². The van der Waals surface area contributed by atoms with E-state index in [0.717, 1.165) is 11.3 Å². The minimum absolute atomic E-state index is 0.0286. The quantitative estimate of drug-likeness (QED) is 0.693. The Bertz CT molecular complexity index is 1150. The number of aromatic nitrogens is 1. The Hall–Kier alpha value is -2.23. The van der Waals surface area contributed by atoms with Crippen LogP contribution in [0, 0.1) is 0 Å². The van der Waals surface area contributed by atoms with Gasteiger partial charge in [-0.25, -0.2) is 8.42 Å². The summed E-state index contributed by atoms with van der Waals surface area (Å²) in [4.78, 5) is 11.6. The Morgan fingerprint density at radius 3 is 2.46 bits per heavy atom. The molecule has 0 bridgehead atoms. The van der Waals surface area contributed by atoms with Gasteiger partial charge in [0.15, 0.2) is 0 Å². The lowest BCUT2D eigenvalue weighted by molar-refractivity contribution is 0.396. The van der Waals surface area contributed by atoms with Gasteiger partial charge in [0.25, 0.3) is 10.0 Å². The first-order chi connectivity index (χ1) is 12.3. The predicted octanol–water partition coefficient (Wildman–Crippen LogP) is 3.07. The molecule has 0 spiro atoms. The molecule has 0 aliphatic rings. The van der Waals surface area contributed by atoms with Crippen molar-refractivity contribution in [3.8, 4) is 11.5 Å². The van der Waals surface area contributed by atoms with Gasteiger partial charge in [-0.1, -0.05) is 22.9 Å². The van der Waals surface area contributed by atoms with Crippen molar-refractivity contribution in [1.82, 2.24) is 4.57 Å². The number of methoxy groups -OCH3 is 2. The standard InChI is InChI=1S/C16H15ClN2O5S2/c1-19-12-5-4-9(6-15(12)25-16(19)20)26(21,22)18-11-7-10(17)13(23-2)8-14(11)24-3/h4-8,18H,1-3H3. The largest absolute Gasteiger partial charge is 0.495 e. The van der Waals surface area contributed by atoms with Crippen LogP contribution in [0.1, 0.15) is 0 Å². The van der Waals surface area contributed by atoms with Crippen LogP contribution in [0.3, 0.4) is 0 Å². The number of hydrogen-bond donors (Lipinski definition) is 1. The first-order valence-electron chi connectivity index (χ1n) is 7.30. The van der Waals surface area contributed by atoms with Gasteiger partial charge in [-0.3, -0.25) is 9.52 Å². The van der Waals surface area contributed by atoms with Crippen molar-refractivity contribution < 1.29 is 17.9 Å². The molecule has 138 valence electrons. The zero-order chi connectivity index (χ0) is 19.1. The summed E-state index contributed by atoms with van der Waals surface area (Å²) in [6.45, 7) is 0. The molecule has 26 heavy (non-hydrogen) atoms. The number of thiazole rings is 1. The molecule has 3 rings (SSSR count). The van der Waals surface area contributed by atoms with Crippen LogP contribution >= 0.6 is 22.9 Å². The van der Waals surface area contributed by atoms with Gasteiger partial charge in [0, 0.05) is 13.1 Å². The number of ether oxygens (including phenoxy) is 2. The van der Waals surface area contributed by atoms with E-state index in [9.17, 15) is 13.2 Å². The summed E-state index contributed by atoms with van der Waals surface area (Å²) in [6, 6.07) is 7.40. The van der Waals surface area contributed by atoms with E-state index in [-0.39, 0.29) is 26.2 Å². The summed E-state index contributed by atoms with van der Waals surface area (Å²) in [5, 5.41) is 0.239. The maximum Gasteiger partial charge on any atom is 0.307 e. The van der Waals surface area contributed by atoms with Gasteiger partial charge in [0.05, 0.1) is 40.0 Å². The summed E-state index contributed by atoms with van der Waals surface area (Å²) in [7, 11) is 0.585. The molecule has 0 atom stereocenters. The Morgan fingerprint density at radius 2 is 1.81 bits per heavy atom. The lowest BCUT2D eigenvalue weighted by Gasteiger charge is -2.14. The van der Waals surface area contributed by atoms with Crippen LogP contribution < -0.4 is 19.1 Å². The van der Waals surface area contributed by atoms with Crippen LogP contribution in [0.4, 0.5) is 5.69 Å². The minimum Gasteiger partial charge on any atom is -0.495 e. The van der Waals surface area contributed by atoms with Crippen LogP contribution in [0.15, 0.2) is 40.0 Å². The molecule has 1 N–H and O–H groups in total. The first kappa shape index (κ1) is 18.6. The van der Waals surface area contributed by atoms with Crippen LogP contribution in [0.2, 0.25) is 5.02 Å². The van der Waals surface area contributed by atoms with Gasteiger partial charge in [-0.2, -0.15) is 0 Å². The van der Waals surface area contributed by atoms with Crippen LogP contribution in [0.25, 0.3) is 10.2 Å². The molecule has 0 amide bonds. The zero-order valence-corrected chi connectivity index (χ0v) is 16.5. The number of halogens is 1. The lowest BCUT2D eigenvalue weighted by Crippen LogP contribution is -2.13. The fourth-order valence-electron chi connectivity index (χ4n) is 2.42. The van der Waals surface area contributed by atoms with Gasteiger partial charge < -0.3 is 14.0 Å². The van der Waals surface area contributed by atoms with Gasteiger partial charge in [-0.15, -0.1) is 0 Å². The summed E-state index contributed by atoms with van der Waals surface area (Å²) in [6.07, 6.45) is 0. The van der Waals surface area contributed by atoms with Crippen LogP contribution in [0.5, 0.6) is 11.5 Å². The zero-order valence-electron chi connectivity index (χ0n) is 14.1. The number of benzene rings is 2. The molecule has 0 unspecified atom stereocenters. The van der Waals surface area contributed by atoms with E-state index in [1.54, 1.807) is 13.1 Å². The molecule has 1 heterocycles. The van der Waals surface area contributed by atoms with Crippen molar-refractivity contribution in [3.05, 3.63) is 45.0 Å². The molecule has 0 radical (unpaired) electrons. The maximum atomic E-state index is 12.7. The van der Waals surface area contributed by atoms with Crippen molar-refractivity contribution >= 4 is 48.9 Å². The third kappa shape index (κ3) is 3.25. The Balaban J connectivity index is 2.04. The second-order valence-corrected chi connectivity index (χ2v) is 8.43. The van der Waals surface area contributed by atoms with Crippen molar-refractivity contribution in [2.45, 2.75) is 4.90 Å². The van der Waals surface area contributed by atoms with E-state index in [1.165, 1.54) is 43.1 Å². The second kappa shape index (κ2) is 6.82. The molecular formula is C16H15ClN2O5S2. The number of hydrogen-bond acceptors (Lipinski definition) is 6. The Morgan fingerprint density at radius 1 is 1.12 bits per heavy atom. The highest BCUT2D eigenvalue weighted by Crippen LogP contribution is 2.37. The highest BCUT2D eigenvalue weighted by atomic mass is 35.5. The summed E-state index contributed by atoms with van der Waals surface area (Å²) in [5.41, 5.74) is 0.851. The van der Waals surface area contributed by atoms with Crippen LogP contribution in [-0.4, -0.2) is 27.2 Å². The topological polar surface area (TPSA) is 86.6 Å². The average Bonchev–Trinajstić information content (AvgIpc) is 2.88. The van der Waals surface area contributed by atoms with E-state index in [0.29, 0.717) is 16.0 Å².